The Labute approximate surface area is 133 Å². The number of carbonyl (C=O) groups excluding carboxylic acids is 2. The monoisotopic (exact) mass is 317 g/mol. The number of nitrogens with two attached hydrogens (primary N) is 1. The van der Waals surface area contributed by atoms with Crippen molar-refractivity contribution in [3.05, 3.63) is 65.2 Å². The molecule has 0 fully saturated rings. The summed E-state index contributed by atoms with van der Waals surface area (Å²) in [6, 6.07) is 14.6. The van der Waals surface area contributed by atoms with Crippen LogP contribution in [-0.2, 0) is 11.2 Å². The van der Waals surface area contributed by atoms with Crippen LogP contribution < -0.4 is 16.4 Å². The maximum Gasteiger partial charge on any atom is 0.312 e. The van der Waals surface area contributed by atoms with Crippen LogP contribution in [0.25, 0.3) is 0 Å². The maximum atomic E-state index is 12.3. The molecule has 0 heterocycles. The minimum atomic E-state index is -0.765. The topological polar surface area (TPSA) is 84.2 Å². The first kappa shape index (κ1) is 15.9. The van der Waals surface area contributed by atoms with E-state index in [-0.39, 0.29) is 5.91 Å². The Morgan fingerprint density at radius 3 is 2.45 bits per heavy atom. The van der Waals surface area contributed by atoms with Crippen molar-refractivity contribution in [3.63, 3.8) is 0 Å². The Morgan fingerprint density at radius 1 is 1.09 bits per heavy atom. The molecule has 0 aliphatic heterocycles. The largest absolute Gasteiger partial charge is 0.352 e. The molecule has 0 aliphatic carbocycles. The van der Waals surface area contributed by atoms with Gasteiger partial charge in [-0.25, -0.2) is 4.79 Å². The van der Waals surface area contributed by atoms with Crippen molar-refractivity contribution in [2.24, 2.45) is 5.73 Å². The van der Waals surface area contributed by atoms with Gasteiger partial charge in [0.15, 0.2) is 0 Å². The molecule has 0 radical (unpaired) electrons. The Bertz CT molecular complexity index is 661. The standard InChI is InChI=1S/C16H16ClN3O2/c17-12-7-4-8-13(10-12)19-15(21)14(20-16(18)22)9-11-5-2-1-3-6-11/h1-8,10,14H,9H2,(H,19,21)(H3,18,20,22). The number of amides is 3. The summed E-state index contributed by atoms with van der Waals surface area (Å²) in [6.45, 7) is 0. The van der Waals surface area contributed by atoms with Crippen LogP contribution in [0.4, 0.5) is 10.5 Å². The molecular weight excluding hydrogens is 302 g/mol. The lowest BCUT2D eigenvalue weighted by molar-refractivity contribution is -0.117. The third-order valence-corrected chi connectivity index (χ3v) is 3.24. The van der Waals surface area contributed by atoms with Crippen molar-refractivity contribution < 1.29 is 9.59 Å². The van der Waals surface area contributed by atoms with Crippen LogP contribution in [0.5, 0.6) is 0 Å². The van der Waals surface area contributed by atoms with Gasteiger partial charge in [0, 0.05) is 17.1 Å². The van der Waals surface area contributed by atoms with Crippen molar-refractivity contribution in [2.45, 2.75) is 12.5 Å². The summed E-state index contributed by atoms with van der Waals surface area (Å²) in [4.78, 5) is 23.5. The summed E-state index contributed by atoms with van der Waals surface area (Å²) in [7, 11) is 0. The van der Waals surface area contributed by atoms with Crippen molar-refractivity contribution in [1.29, 1.82) is 0 Å². The molecule has 2 rings (SSSR count). The number of rotatable bonds is 5. The first-order valence-corrected chi connectivity index (χ1v) is 7.09. The summed E-state index contributed by atoms with van der Waals surface area (Å²) in [5.74, 6) is -0.357. The number of hydrogen-bond donors (Lipinski definition) is 3. The van der Waals surface area contributed by atoms with Gasteiger partial charge in [-0.1, -0.05) is 48.0 Å². The van der Waals surface area contributed by atoms with Crippen molar-refractivity contribution in [2.75, 3.05) is 5.32 Å². The zero-order valence-electron chi connectivity index (χ0n) is 11.8. The molecule has 114 valence electrons. The van der Waals surface area contributed by atoms with E-state index in [1.165, 1.54) is 0 Å². The smallest absolute Gasteiger partial charge is 0.312 e. The molecule has 5 nitrogen and oxygen atoms in total. The van der Waals surface area contributed by atoms with E-state index < -0.39 is 12.1 Å². The number of hydrogen-bond acceptors (Lipinski definition) is 2. The van der Waals surface area contributed by atoms with Gasteiger partial charge >= 0.3 is 6.03 Å². The summed E-state index contributed by atoms with van der Waals surface area (Å²) >= 11 is 5.88. The second kappa shape index (κ2) is 7.47. The lowest BCUT2D eigenvalue weighted by Gasteiger charge is -2.17. The van der Waals surface area contributed by atoms with Gasteiger partial charge in [0.05, 0.1) is 0 Å². The molecule has 22 heavy (non-hydrogen) atoms. The number of carbonyl (C=O) groups is 2. The highest BCUT2D eigenvalue weighted by molar-refractivity contribution is 6.30. The molecule has 0 saturated heterocycles. The Hall–Kier alpha value is -2.53. The number of benzene rings is 2. The third kappa shape index (κ3) is 4.79. The molecule has 0 bridgehead atoms. The van der Waals surface area contributed by atoms with E-state index in [4.69, 9.17) is 17.3 Å². The minimum absolute atomic E-state index is 0.343. The maximum absolute atomic E-state index is 12.3. The van der Waals surface area contributed by atoms with Crippen LogP contribution in [0.3, 0.4) is 0 Å². The van der Waals surface area contributed by atoms with Crippen LogP contribution in [0, 0.1) is 0 Å². The fourth-order valence-electron chi connectivity index (χ4n) is 2.03. The first-order chi connectivity index (χ1) is 10.5. The van der Waals surface area contributed by atoms with Gasteiger partial charge in [0.1, 0.15) is 6.04 Å². The van der Waals surface area contributed by atoms with Gasteiger partial charge in [0.25, 0.3) is 0 Å². The minimum Gasteiger partial charge on any atom is -0.352 e. The molecule has 2 aromatic carbocycles. The number of halogens is 1. The van der Waals surface area contributed by atoms with Gasteiger partial charge in [-0.2, -0.15) is 0 Å². The van der Waals surface area contributed by atoms with Crippen LogP contribution in [0.15, 0.2) is 54.6 Å². The zero-order chi connectivity index (χ0) is 15.9. The molecule has 0 spiro atoms. The van der Waals surface area contributed by atoms with E-state index in [0.717, 1.165) is 5.56 Å². The van der Waals surface area contributed by atoms with E-state index in [1.807, 2.05) is 30.3 Å². The lowest BCUT2D eigenvalue weighted by Crippen LogP contribution is -2.47. The molecule has 0 aromatic heterocycles. The van der Waals surface area contributed by atoms with E-state index in [2.05, 4.69) is 10.6 Å². The van der Waals surface area contributed by atoms with Crippen LogP contribution in [0.2, 0.25) is 5.02 Å². The highest BCUT2D eigenvalue weighted by Gasteiger charge is 2.20. The first-order valence-electron chi connectivity index (χ1n) is 6.71. The third-order valence-electron chi connectivity index (χ3n) is 3.01. The number of nitrogens with one attached hydrogen (secondary N) is 2. The summed E-state index contributed by atoms with van der Waals surface area (Å²) in [5.41, 5.74) is 6.63. The van der Waals surface area contributed by atoms with Gasteiger partial charge in [-0.15, -0.1) is 0 Å². The molecule has 1 atom stereocenters. The number of primary amides is 1. The van der Waals surface area contributed by atoms with E-state index in [9.17, 15) is 9.59 Å². The SMILES string of the molecule is NC(=O)NC(Cc1ccccc1)C(=O)Nc1cccc(Cl)c1. The Kier molecular flexibility index (Phi) is 5.38. The number of urea groups is 1. The van der Waals surface area contributed by atoms with Crippen molar-refractivity contribution in [3.8, 4) is 0 Å². The van der Waals surface area contributed by atoms with E-state index >= 15 is 0 Å². The van der Waals surface area contributed by atoms with Gasteiger partial charge < -0.3 is 16.4 Å². The van der Waals surface area contributed by atoms with E-state index in [1.54, 1.807) is 24.3 Å². The highest BCUT2D eigenvalue weighted by Crippen LogP contribution is 2.15. The Balaban J connectivity index is 2.10. The zero-order valence-corrected chi connectivity index (χ0v) is 12.5. The quantitative estimate of drug-likeness (QED) is 0.791. The summed E-state index contributed by atoms with van der Waals surface area (Å²) in [6.07, 6.45) is 0.343. The molecular formula is C16H16ClN3O2. The normalized spacial score (nSPS) is 11.5. The van der Waals surface area contributed by atoms with Crippen molar-refractivity contribution >= 4 is 29.2 Å². The van der Waals surface area contributed by atoms with Gasteiger partial charge in [0.2, 0.25) is 5.91 Å². The average molecular weight is 318 g/mol. The predicted octanol–water partition coefficient (Wildman–Crippen LogP) is 2.56. The molecule has 4 N–H and O–H groups in total. The summed E-state index contributed by atoms with van der Waals surface area (Å²) in [5, 5.41) is 5.69. The van der Waals surface area contributed by atoms with Crippen LogP contribution in [-0.4, -0.2) is 18.0 Å². The number of anilines is 1. The van der Waals surface area contributed by atoms with Crippen LogP contribution >= 0.6 is 11.6 Å². The lowest BCUT2D eigenvalue weighted by atomic mass is 10.1. The second-order valence-electron chi connectivity index (χ2n) is 4.75. The average Bonchev–Trinajstić information content (AvgIpc) is 2.47. The molecule has 1 unspecified atom stereocenters. The summed E-state index contributed by atoms with van der Waals surface area (Å²) < 4.78 is 0. The molecule has 0 aliphatic rings. The molecule has 2 aromatic rings. The second-order valence-corrected chi connectivity index (χ2v) is 5.19. The highest BCUT2D eigenvalue weighted by atomic mass is 35.5. The Morgan fingerprint density at radius 2 is 1.82 bits per heavy atom. The van der Waals surface area contributed by atoms with Gasteiger partial charge in [-0.05, 0) is 23.8 Å². The van der Waals surface area contributed by atoms with E-state index in [0.29, 0.717) is 17.1 Å². The predicted molar refractivity (Wildman–Crippen MR) is 86.7 cm³/mol. The van der Waals surface area contributed by atoms with Gasteiger partial charge in [-0.3, -0.25) is 4.79 Å². The van der Waals surface area contributed by atoms with Crippen LogP contribution in [0.1, 0.15) is 5.56 Å². The molecule has 0 saturated carbocycles. The van der Waals surface area contributed by atoms with Crippen molar-refractivity contribution in [1.82, 2.24) is 5.32 Å². The fourth-order valence-corrected chi connectivity index (χ4v) is 2.22. The molecule has 6 heteroatoms. The fraction of sp³-hybridized carbons (Fsp3) is 0.125. The molecule has 3 amide bonds.